The molecule has 5 nitrogen and oxygen atoms in total. The van der Waals surface area contributed by atoms with Crippen molar-refractivity contribution in [2.75, 3.05) is 26.0 Å². The van der Waals surface area contributed by atoms with Gasteiger partial charge < -0.3 is 15.5 Å². The summed E-state index contributed by atoms with van der Waals surface area (Å²) in [6, 6.07) is 5.33. The second-order valence-electron chi connectivity index (χ2n) is 5.99. The van der Waals surface area contributed by atoms with Crippen LogP contribution < -0.4 is 10.6 Å². The number of likely N-dealkylation sites (N-methyl/N-ethyl adjacent to an activating group) is 1. The number of carbonyl (C=O) groups is 2. The van der Waals surface area contributed by atoms with E-state index < -0.39 is 0 Å². The van der Waals surface area contributed by atoms with Gasteiger partial charge in [-0.2, -0.15) is 0 Å². The molecule has 0 aliphatic carbocycles. The predicted octanol–water partition coefficient (Wildman–Crippen LogP) is 1.25. The summed E-state index contributed by atoms with van der Waals surface area (Å²) in [7, 11) is 3.97. The Bertz CT molecular complexity index is 550. The molecule has 0 unspecified atom stereocenters. The van der Waals surface area contributed by atoms with E-state index in [1.165, 1.54) is 0 Å². The van der Waals surface area contributed by atoms with Crippen LogP contribution in [0, 0.1) is 0 Å². The van der Waals surface area contributed by atoms with E-state index in [1.54, 1.807) is 12.1 Å². The fraction of sp³-hybridized carbons (Fsp3) is 0.467. The van der Waals surface area contributed by atoms with Crippen molar-refractivity contribution in [3.8, 4) is 0 Å². The standard InChI is InChI=1S/C15H21N3O2/c1-15(2,18(3)4)9-16-14(20)11-6-5-10-8-13(19)17-12(10)7-11/h5-7H,8-9H2,1-4H3,(H,16,20)(H,17,19). The lowest BCUT2D eigenvalue weighted by Gasteiger charge is -2.32. The van der Waals surface area contributed by atoms with Gasteiger partial charge >= 0.3 is 0 Å². The second kappa shape index (κ2) is 5.25. The van der Waals surface area contributed by atoms with Gasteiger partial charge in [0.05, 0.1) is 6.42 Å². The first kappa shape index (κ1) is 14.5. The van der Waals surface area contributed by atoms with Crippen molar-refractivity contribution < 1.29 is 9.59 Å². The van der Waals surface area contributed by atoms with Gasteiger partial charge in [0.1, 0.15) is 0 Å². The molecule has 5 heteroatoms. The van der Waals surface area contributed by atoms with E-state index in [-0.39, 0.29) is 17.4 Å². The number of hydrogen-bond donors (Lipinski definition) is 2. The molecule has 0 bridgehead atoms. The maximum Gasteiger partial charge on any atom is 0.251 e. The molecule has 0 spiro atoms. The Balaban J connectivity index is 2.04. The van der Waals surface area contributed by atoms with Crippen LogP contribution in [0.2, 0.25) is 0 Å². The average molecular weight is 275 g/mol. The number of rotatable bonds is 4. The second-order valence-corrected chi connectivity index (χ2v) is 5.99. The Morgan fingerprint density at radius 2 is 2.10 bits per heavy atom. The molecule has 0 radical (unpaired) electrons. The van der Waals surface area contributed by atoms with Gasteiger partial charge in [-0.05, 0) is 45.6 Å². The van der Waals surface area contributed by atoms with Crippen LogP contribution in [0.25, 0.3) is 0 Å². The molecule has 2 amide bonds. The van der Waals surface area contributed by atoms with Crippen LogP contribution in [0.4, 0.5) is 5.69 Å². The number of nitrogens with one attached hydrogen (secondary N) is 2. The Morgan fingerprint density at radius 1 is 1.40 bits per heavy atom. The van der Waals surface area contributed by atoms with E-state index in [2.05, 4.69) is 29.4 Å². The van der Waals surface area contributed by atoms with Gasteiger partial charge in [-0.1, -0.05) is 6.07 Å². The zero-order valence-electron chi connectivity index (χ0n) is 12.4. The number of fused-ring (bicyclic) bond motifs is 1. The minimum absolute atomic E-state index is 0.0219. The molecule has 1 aromatic carbocycles. The van der Waals surface area contributed by atoms with Crippen molar-refractivity contribution in [1.82, 2.24) is 10.2 Å². The summed E-state index contributed by atoms with van der Waals surface area (Å²) in [5.41, 5.74) is 2.15. The van der Waals surface area contributed by atoms with Crippen LogP contribution in [-0.2, 0) is 11.2 Å². The molecule has 2 rings (SSSR count). The molecule has 0 saturated carbocycles. The van der Waals surface area contributed by atoms with Gasteiger partial charge in [-0.3, -0.25) is 9.59 Å². The number of carbonyl (C=O) groups excluding carboxylic acids is 2. The topological polar surface area (TPSA) is 61.4 Å². The number of anilines is 1. The molecule has 1 aliphatic rings. The first-order valence-electron chi connectivity index (χ1n) is 6.68. The summed E-state index contributed by atoms with van der Waals surface area (Å²) in [5.74, 6) is -0.143. The Morgan fingerprint density at radius 3 is 2.75 bits per heavy atom. The van der Waals surface area contributed by atoms with E-state index in [0.29, 0.717) is 18.5 Å². The van der Waals surface area contributed by atoms with Crippen molar-refractivity contribution in [2.24, 2.45) is 0 Å². The van der Waals surface area contributed by atoms with Gasteiger partial charge in [-0.25, -0.2) is 0 Å². The Hall–Kier alpha value is -1.88. The molecule has 2 N–H and O–H groups in total. The summed E-state index contributed by atoms with van der Waals surface area (Å²) in [5, 5.41) is 5.69. The summed E-state index contributed by atoms with van der Waals surface area (Å²) in [6.45, 7) is 4.69. The monoisotopic (exact) mass is 275 g/mol. The molecular weight excluding hydrogens is 254 g/mol. The van der Waals surface area contributed by atoms with Crippen molar-refractivity contribution in [1.29, 1.82) is 0 Å². The van der Waals surface area contributed by atoms with Gasteiger partial charge in [-0.15, -0.1) is 0 Å². The van der Waals surface area contributed by atoms with E-state index in [4.69, 9.17) is 0 Å². The van der Waals surface area contributed by atoms with E-state index in [0.717, 1.165) is 11.3 Å². The van der Waals surface area contributed by atoms with E-state index >= 15 is 0 Å². The zero-order chi connectivity index (χ0) is 14.9. The quantitative estimate of drug-likeness (QED) is 0.869. The van der Waals surface area contributed by atoms with Gasteiger partial charge in [0.2, 0.25) is 5.91 Å². The van der Waals surface area contributed by atoms with Crippen molar-refractivity contribution in [3.63, 3.8) is 0 Å². The fourth-order valence-corrected chi connectivity index (χ4v) is 1.91. The third-order valence-electron chi connectivity index (χ3n) is 3.89. The van der Waals surface area contributed by atoms with Crippen LogP contribution in [0.1, 0.15) is 29.8 Å². The van der Waals surface area contributed by atoms with Crippen molar-refractivity contribution in [2.45, 2.75) is 25.8 Å². The largest absolute Gasteiger partial charge is 0.350 e. The molecule has 20 heavy (non-hydrogen) atoms. The van der Waals surface area contributed by atoms with Gasteiger partial charge in [0.25, 0.3) is 5.91 Å². The Labute approximate surface area is 119 Å². The van der Waals surface area contributed by atoms with Gasteiger partial charge in [0, 0.05) is 23.3 Å². The Kier molecular flexibility index (Phi) is 3.81. The molecule has 0 fully saturated rings. The highest BCUT2D eigenvalue weighted by molar-refractivity contribution is 6.02. The highest BCUT2D eigenvalue weighted by Gasteiger charge is 2.22. The third kappa shape index (κ3) is 2.99. The summed E-state index contributed by atoms with van der Waals surface area (Å²) >= 11 is 0. The van der Waals surface area contributed by atoms with Crippen molar-refractivity contribution in [3.05, 3.63) is 29.3 Å². The summed E-state index contributed by atoms with van der Waals surface area (Å²) in [6.07, 6.45) is 0.394. The predicted molar refractivity (Wildman–Crippen MR) is 78.9 cm³/mol. The number of nitrogens with zero attached hydrogens (tertiary/aromatic N) is 1. The number of hydrogen-bond acceptors (Lipinski definition) is 3. The maximum absolute atomic E-state index is 12.2. The molecule has 0 saturated heterocycles. The van der Waals surface area contributed by atoms with Crippen LogP contribution in [-0.4, -0.2) is 42.9 Å². The SMILES string of the molecule is CN(C)C(C)(C)CNC(=O)c1ccc2c(c1)NC(=O)C2. The van der Waals surface area contributed by atoms with Crippen LogP contribution in [0.3, 0.4) is 0 Å². The lowest BCUT2D eigenvalue weighted by Crippen LogP contribution is -2.48. The summed E-state index contributed by atoms with van der Waals surface area (Å²) < 4.78 is 0. The average Bonchev–Trinajstić information content (AvgIpc) is 2.74. The fourth-order valence-electron chi connectivity index (χ4n) is 1.91. The molecule has 1 aromatic rings. The molecule has 0 aromatic heterocycles. The molecule has 1 aliphatic heterocycles. The molecule has 1 heterocycles. The molecular formula is C15H21N3O2. The third-order valence-corrected chi connectivity index (χ3v) is 3.89. The van der Waals surface area contributed by atoms with E-state index in [1.807, 2.05) is 20.2 Å². The van der Waals surface area contributed by atoms with Crippen LogP contribution >= 0.6 is 0 Å². The highest BCUT2D eigenvalue weighted by atomic mass is 16.2. The lowest BCUT2D eigenvalue weighted by molar-refractivity contribution is -0.115. The van der Waals surface area contributed by atoms with Crippen LogP contribution in [0.15, 0.2) is 18.2 Å². The minimum atomic E-state index is -0.121. The van der Waals surface area contributed by atoms with Gasteiger partial charge in [0.15, 0.2) is 0 Å². The maximum atomic E-state index is 12.2. The normalized spacial score (nSPS) is 14.2. The number of amides is 2. The number of benzene rings is 1. The molecule has 108 valence electrons. The van der Waals surface area contributed by atoms with Crippen LogP contribution in [0.5, 0.6) is 0 Å². The van der Waals surface area contributed by atoms with Crippen molar-refractivity contribution >= 4 is 17.5 Å². The highest BCUT2D eigenvalue weighted by Crippen LogP contribution is 2.24. The summed E-state index contributed by atoms with van der Waals surface area (Å²) in [4.78, 5) is 25.5. The lowest BCUT2D eigenvalue weighted by atomic mass is 10.0. The minimum Gasteiger partial charge on any atom is -0.350 e. The first-order valence-corrected chi connectivity index (χ1v) is 6.68. The zero-order valence-corrected chi connectivity index (χ0v) is 12.4. The smallest absolute Gasteiger partial charge is 0.251 e. The molecule has 0 atom stereocenters. The first-order chi connectivity index (χ1) is 9.29. The van der Waals surface area contributed by atoms with E-state index in [9.17, 15) is 9.59 Å².